The van der Waals surface area contributed by atoms with Crippen molar-refractivity contribution in [2.45, 2.75) is 27.3 Å². The lowest BCUT2D eigenvalue weighted by atomic mass is 10.1. The largest absolute Gasteiger partial charge is 0.484 e. The number of anilines is 1. The molecule has 0 aliphatic carbocycles. The predicted molar refractivity (Wildman–Crippen MR) is 135 cm³/mol. The van der Waals surface area contributed by atoms with E-state index in [9.17, 15) is 14.4 Å². The summed E-state index contributed by atoms with van der Waals surface area (Å²) in [6.07, 6.45) is 1.40. The Labute approximate surface area is 204 Å². The van der Waals surface area contributed by atoms with Crippen LogP contribution in [-0.2, 0) is 20.9 Å². The summed E-state index contributed by atoms with van der Waals surface area (Å²) in [5.41, 5.74) is 7.70. The lowest BCUT2D eigenvalue weighted by Gasteiger charge is -2.13. The van der Waals surface area contributed by atoms with Crippen molar-refractivity contribution in [2.75, 3.05) is 11.9 Å². The number of carbonyl (C=O) groups excluding carboxylic acids is 3. The zero-order chi connectivity index (χ0) is 25.2. The van der Waals surface area contributed by atoms with Gasteiger partial charge in [-0.25, -0.2) is 5.43 Å². The minimum absolute atomic E-state index is 0.131. The first kappa shape index (κ1) is 25.2. The highest BCUT2D eigenvalue weighted by Gasteiger charge is 2.12. The molecule has 0 heterocycles. The Bertz CT molecular complexity index is 1200. The van der Waals surface area contributed by atoms with Gasteiger partial charge < -0.3 is 15.4 Å². The number of hydrogen-bond acceptors (Lipinski definition) is 5. The highest BCUT2D eigenvalue weighted by Crippen LogP contribution is 2.22. The molecule has 0 aromatic heterocycles. The van der Waals surface area contributed by atoms with Crippen molar-refractivity contribution in [1.82, 2.24) is 10.7 Å². The standard InChI is InChI=1S/C27H28N4O4/c1-18-13-19(2)25(20(3)14-18)30-24(32)17-35-23-11-9-22(10-12-23)16-29-31-27(34)26(33)28-15-21-7-5-4-6-8-21/h4-14,16H,15,17H2,1-3H3,(H,28,33)(H,30,32)(H,31,34)/b29-16-. The fourth-order valence-electron chi connectivity index (χ4n) is 3.43. The van der Waals surface area contributed by atoms with Crippen LogP contribution in [0.2, 0.25) is 0 Å². The molecule has 0 fully saturated rings. The maximum atomic E-state index is 12.3. The van der Waals surface area contributed by atoms with Gasteiger partial charge in [0, 0.05) is 12.2 Å². The normalized spacial score (nSPS) is 10.6. The zero-order valence-electron chi connectivity index (χ0n) is 19.9. The summed E-state index contributed by atoms with van der Waals surface area (Å²) in [4.78, 5) is 36.0. The third kappa shape index (κ3) is 7.82. The second-order valence-electron chi connectivity index (χ2n) is 8.05. The molecule has 0 radical (unpaired) electrons. The molecule has 0 saturated carbocycles. The molecule has 0 spiro atoms. The van der Waals surface area contributed by atoms with E-state index in [2.05, 4.69) is 21.2 Å². The van der Waals surface area contributed by atoms with Crippen LogP contribution in [-0.4, -0.2) is 30.5 Å². The van der Waals surface area contributed by atoms with E-state index in [1.165, 1.54) is 6.21 Å². The summed E-state index contributed by atoms with van der Waals surface area (Å²) >= 11 is 0. The third-order valence-corrected chi connectivity index (χ3v) is 5.07. The van der Waals surface area contributed by atoms with Gasteiger partial charge in [-0.1, -0.05) is 48.0 Å². The van der Waals surface area contributed by atoms with Crippen LogP contribution < -0.4 is 20.8 Å². The second kappa shape index (κ2) is 12.1. The third-order valence-electron chi connectivity index (χ3n) is 5.07. The first-order chi connectivity index (χ1) is 16.8. The van der Waals surface area contributed by atoms with E-state index in [-0.39, 0.29) is 19.1 Å². The van der Waals surface area contributed by atoms with Crippen LogP contribution in [0.4, 0.5) is 5.69 Å². The van der Waals surface area contributed by atoms with E-state index in [0.717, 1.165) is 27.9 Å². The number of hydrogen-bond donors (Lipinski definition) is 3. The van der Waals surface area contributed by atoms with Crippen molar-refractivity contribution < 1.29 is 19.1 Å². The van der Waals surface area contributed by atoms with Crippen molar-refractivity contribution in [3.8, 4) is 5.75 Å². The minimum Gasteiger partial charge on any atom is -0.484 e. The minimum atomic E-state index is -0.859. The quantitative estimate of drug-likeness (QED) is 0.265. The smallest absolute Gasteiger partial charge is 0.329 e. The first-order valence-electron chi connectivity index (χ1n) is 11.1. The van der Waals surface area contributed by atoms with Crippen LogP contribution in [0.25, 0.3) is 0 Å². The molecule has 0 atom stereocenters. The molecule has 8 nitrogen and oxygen atoms in total. The summed E-state index contributed by atoms with van der Waals surface area (Å²) < 4.78 is 5.56. The van der Waals surface area contributed by atoms with Crippen molar-refractivity contribution in [1.29, 1.82) is 0 Å². The van der Waals surface area contributed by atoms with Gasteiger partial charge in [0.15, 0.2) is 6.61 Å². The van der Waals surface area contributed by atoms with Crippen molar-refractivity contribution >= 4 is 29.6 Å². The van der Waals surface area contributed by atoms with E-state index >= 15 is 0 Å². The number of hydrazone groups is 1. The fourth-order valence-corrected chi connectivity index (χ4v) is 3.43. The van der Waals surface area contributed by atoms with Crippen molar-refractivity contribution in [3.63, 3.8) is 0 Å². The number of benzene rings is 3. The average Bonchev–Trinajstić information content (AvgIpc) is 2.84. The van der Waals surface area contributed by atoms with Gasteiger partial charge in [0.2, 0.25) is 0 Å². The van der Waals surface area contributed by atoms with E-state index in [4.69, 9.17) is 4.74 Å². The van der Waals surface area contributed by atoms with E-state index in [1.54, 1.807) is 24.3 Å². The fraction of sp³-hybridized carbons (Fsp3) is 0.185. The Balaban J connectivity index is 1.42. The van der Waals surface area contributed by atoms with Crippen molar-refractivity contribution in [3.05, 3.63) is 94.5 Å². The summed E-state index contributed by atoms with van der Waals surface area (Å²) in [6.45, 7) is 6.04. The van der Waals surface area contributed by atoms with Crippen LogP contribution in [0.15, 0.2) is 71.8 Å². The van der Waals surface area contributed by atoms with Gasteiger partial charge in [0.1, 0.15) is 5.75 Å². The van der Waals surface area contributed by atoms with Gasteiger partial charge >= 0.3 is 11.8 Å². The lowest BCUT2D eigenvalue weighted by Crippen LogP contribution is -2.37. The van der Waals surface area contributed by atoms with E-state index in [0.29, 0.717) is 11.3 Å². The molecule has 0 saturated heterocycles. The van der Waals surface area contributed by atoms with Crippen LogP contribution in [0.1, 0.15) is 27.8 Å². The van der Waals surface area contributed by atoms with Crippen LogP contribution in [0.3, 0.4) is 0 Å². The Morgan fingerprint density at radius 1 is 0.886 bits per heavy atom. The highest BCUT2D eigenvalue weighted by atomic mass is 16.5. The number of ether oxygens (including phenoxy) is 1. The Hall–Kier alpha value is -4.46. The van der Waals surface area contributed by atoms with E-state index < -0.39 is 11.8 Å². The Kier molecular flexibility index (Phi) is 8.72. The highest BCUT2D eigenvalue weighted by molar-refractivity contribution is 6.35. The molecule has 8 heteroatoms. The topological polar surface area (TPSA) is 109 Å². The summed E-state index contributed by atoms with van der Waals surface area (Å²) in [5.74, 6) is -1.37. The van der Waals surface area contributed by atoms with Crippen molar-refractivity contribution in [2.24, 2.45) is 5.10 Å². The van der Waals surface area contributed by atoms with Gasteiger partial charge in [-0.2, -0.15) is 5.10 Å². The molecular formula is C27H28N4O4. The van der Waals surface area contributed by atoms with Gasteiger partial charge in [-0.15, -0.1) is 0 Å². The second-order valence-corrected chi connectivity index (χ2v) is 8.05. The lowest BCUT2D eigenvalue weighted by molar-refractivity contribution is -0.139. The van der Waals surface area contributed by atoms with Crippen LogP contribution in [0, 0.1) is 20.8 Å². The Morgan fingerprint density at radius 3 is 2.20 bits per heavy atom. The summed E-state index contributed by atoms with van der Waals surface area (Å²) in [6, 6.07) is 20.1. The molecule has 0 bridgehead atoms. The first-order valence-corrected chi connectivity index (χ1v) is 11.1. The van der Waals surface area contributed by atoms with Gasteiger partial charge in [0.05, 0.1) is 6.21 Å². The van der Waals surface area contributed by atoms with Gasteiger partial charge in [0.25, 0.3) is 5.91 Å². The maximum absolute atomic E-state index is 12.3. The molecule has 3 amide bonds. The number of nitrogens with zero attached hydrogens (tertiary/aromatic N) is 1. The predicted octanol–water partition coefficient (Wildman–Crippen LogP) is 3.40. The molecule has 0 aliphatic rings. The monoisotopic (exact) mass is 472 g/mol. The molecule has 3 aromatic carbocycles. The Morgan fingerprint density at radius 2 is 1.54 bits per heavy atom. The molecule has 3 N–H and O–H groups in total. The van der Waals surface area contributed by atoms with Crippen LogP contribution in [0.5, 0.6) is 5.75 Å². The molecule has 0 aliphatic heterocycles. The molecule has 0 unspecified atom stereocenters. The molecule has 180 valence electrons. The average molecular weight is 473 g/mol. The number of amides is 3. The number of aryl methyl sites for hydroxylation is 3. The zero-order valence-corrected chi connectivity index (χ0v) is 19.9. The van der Waals surface area contributed by atoms with Gasteiger partial charge in [-0.3, -0.25) is 14.4 Å². The molecular weight excluding hydrogens is 444 g/mol. The molecule has 3 aromatic rings. The van der Waals surface area contributed by atoms with Gasteiger partial charge in [-0.05, 0) is 67.3 Å². The number of nitrogens with one attached hydrogen (secondary N) is 3. The molecule has 35 heavy (non-hydrogen) atoms. The summed E-state index contributed by atoms with van der Waals surface area (Å²) in [5, 5.41) is 9.22. The molecule has 3 rings (SSSR count). The van der Waals surface area contributed by atoms with E-state index in [1.807, 2.05) is 63.2 Å². The van der Waals surface area contributed by atoms with Crippen LogP contribution >= 0.6 is 0 Å². The summed E-state index contributed by atoms with van der Waals surface area (Å²) in [7, 11) is 0. The SMILES string of the molecule is Cc1cc(C)c(NC(=O)COc2ccc(/C=N\NC(=O)C(=O)NCc3ccccc3)cc2)c(C)c1. The number of rotatable bonds is 8. The number of carbonyl (C=O) groups is 3. The maximum Gasteiger partial charge on any atom is 0.329 e.